The molecule has 148 valence electrons. The molecule has 1 saturated heterocycles. The summed E-state index contributed by atoms with van der Waals surface area (Å²) in [6, 6.07) is 18.3. The Morgan fingerprint density at radius 3 is 2.29 bits per heavy atom. The molecule has 1 N–H and O–H groups in total. The molecule has 0 spiro atoms. The van der Waals surface area contributed by atoms with E-state index in [2.05, 4.69) is 13.6 Å². The lowest BCUT2D eigenvalue weighted by atomic mass is 9.86. The number of quaternary nitrogens is 1. The van der Waals surface area contributed by atoms with Crippen molar-refractivity contribution in [3.8, 4) is 0 Å². The van der Waals surface area contributed by atoms with Gasteiger partial charge in [0.15, 0.2) is 0 Å². The molecule has 0 saturated carbocycles. The Morgan fingerprint density at radius 1 is 1.18 bits per heavy atom. The predicted molar refractivity (Wildman–Crippen MR) is 111 cm³/mol. The minimum Gasteiger partial charge on any atom is -0.457 e. The molecule has 1 aliphatic rings. The first kappa shape index (κ1) is 20.3. The van der Waals surface area contributed by atoms with Crippen molar-refractivity contribution < 1.29 is 19.1 Å². The van der Waals surface area contributed by atoms with Gasteiger partial charge in [0, 0.05) is 19.3 Å². The van der Waals surface area contributed by atoms with Crippen molar-refractivity contribution in [2.75, 3.05) is 26.7 Å². The van der Waals surface area contributed by atoms with E-state index in [1.54, 1.807) is 24.3 Å². The van der Waals surface area contributed by atoms with Gasteiger partial charge in [0.05, 0.1) is 20.1 Å². The van der Waals surface area contributed by atoms with Crippen LogP contribution in [0.2, 0.25) is 0 Å². The van der Waals surface area contributed by atoms with E-state index < -0.39 is 11.6 Å². The normalized spacial score (nSPS) is 22.0. The molecule has 0 aromatic heterocycles. The van der Waals surface area contributed by atoms with E-state index in [4.69, 9.17) is 4.74 Å². The number of hydrogen-bond acceptors (Lipinski definition) is 3. The lowest BCUT2D eigenvalue weighted by Crippen LogP contribution is -2.51. The van der Waals surface area contributed by atoms with Gasteiger partial charge in [0.25, 0.3) is 0 Å². The van der Waals surface area contributed by atoms with Crippen molar-refractivity contribution in [1.82, 2.24) is 0 Å². The van der Waals surface area contributed by atoms with Crippen LogP contribution in [0.15, 0.2) is 73.3 Å². The average Bonchev–Trinajstić information content (AvgIpc) is 3.11. The Kier molecular flexibility index (Phi) is 6.32. The molecule has 0 radical (unpaired) electrons. The second-order valence-electron chi connectivity index (χ2n) is 7.84. The van der Waals surface area contributed by atoms with E-state index >= 15 is 0 Å². The molecule has 3 rings (SSSR count). The summed E-state index contributed by atoms with van der Waals surface area (Å²) >= 11 is 0. The van der Waals surface area contributed by atoms with E-state index in [-0.39, 0.29) is 6.04 Å². The van der Waals surface area contributed by atoms with Crippen molar-refractivity contribution in [2.45, 2.75) is 30.9 Å². The number of likely N-dealkylation sites (N-methyl/N-ethyl adjacent to an activating group) is 1. The standard InChI is InChI=1S/C24H30NO3/c1-3-4-17-25(2)18-11-16-22(25)19-28-23(26)24(27,20-12-7-5-8-13-20)21-14-9-6-10-15-21/h3,5-10,12-15,22,27H,1,4,11,16-19H2,2H3/q+1/t22-,25?/m0/s1. The summed E-state index contributed by atoms with van der Waals surface area (Å²) in [7, 11) is 2.22. The van der Waals surface area contributed by atoms with Crippen LogP contribution in [0.25, 0.3) is 0 Å². The summed E-state index contributed by atoms with van der Waals surface area (Å²) < 4.78 is 6.63. The largest absolute Gasteiger partial charge is 0.457 e. The van der Waals surface area contributed by atoms with Crippen LogP contribution in [0.1, 0.15) is 30.4 Å². The first-order valence-electron chi connectivity index (χ1n) is 9.96. The Bertz CT molecular complexity index is 751. The molecule has 1 fully saturated rings. The van der Waals surface area contributed by atoms with Crippen LogP contribution >= 0.6 is 0 Å². The van der Waals surface area contributed by atoms with E-state index in [9.17, 15) is 9.90 Å². The monoisotopic (exact) mass is 380 g/mol. The molecule has 2 aromatic carbocycles. The van der Waals surface area contributed by atoms with Gasteiger partial charge in [-0.05, 0) is 11.1 Å². The van der Waals surface area contributed by atoms with Gasteiger partial charge in [-0.3, -0.25) is 0 Å². The number of aliphatic hydroxyl groups is 1. The lowest BCUT2D eigenvalue weighted by molar-refractivity contribution is -0.920. The molecule has 28 heavy (non-hydrogen) atoms. The van der Waals surface area contributed by atoms with Crippen molar-refractivity contribution in [2.24, 2.45) is 0 Å². The quantitative estimate of drug-likeness (QED) is 0.432. The minimum absolute atomic E-state index is 0.250. The number of ether oxygens (including phenoxy) is 1. The fourth-order valence-corrected chi connectivity index (χ4v) is 4.16. The summed E-state index contributed by atoms with van der Waals surface area (Å²) in [4.78, 5) is 13.2. The third kappa shape index (κ3) is 4.03. The number of rotatable bonds is 8. The Balaban J connectivity index is 1.80. The van der Waals surface area contributed by atoms with Crippen molar-refractivity contribution >= 4 is 5.97 Å². The van der Waals surface area contributed by atoms with Crippen molar-refractivity contribution in [3.63, 3.8) is 0 Å². The van der Waals surface area contributed by atoms with Gasteiger partial charge in [0.2, 0.25) is 5.60 Å². The SMILES string of the molecule is C=CCC[N+]1(C)CCC[C@H]1COC(=O)C(O)(c1ccccc1)c1ccccc1. The van der Waals surface area contributed by atoms with Gasteiger partial charge in [-0.1, -0.05) is 66.7 Å². The third-order valence-corrected chi connectivity index (χ3v) is 6.02. The van der Waals surface area contributed by atoms with Crippen LogP contribution in [-0.4, -0.2) is 48.3 Å². The summed E-state index contributed by atoms with van der Waals surface area (Å²) in [6.07, 6.45) is 5.03. The number of hydrogen-bond donors (Lipinski definition) is 1. The molecule has 4 heteroatoms. The lowest BCUT2D eigenvalue weighted by Gasteiger charge is -2.36. The van der Waals surface area contributed by atoms with Crippen molar-refractivity contribution in [1.29, 1.82) is 0 Å². The van der Waals surface area contributed by atoms with Crippen LogP contribution in [0, 0.1) is 0 Å². The molecule has 0 amide bonds. The zero-order valence-corrected chi connectivity index (χ0v) is 16.6. The molecule has 0 aliphatic carbocycles. The van der Waals surface area contributed by atoms with Crippen LogP contribution in [0.4, 0.5) is 0 Å². The number of esters is 1. The molecular weight excluding hydrogens is 350 g/mol. The van der Waals surface area contributed by atoms with E-state index in [1.165, 1.54) is 0 Å². The minimum atomic E-state index is -1.81. The number of carbonyl (C=O) groups is 1. The Labute approximate surface area is 167 Å². The number of likely N-dealkylation sites (tertiary alicyclic amines) is 1. The van der Waals surface area contributed by atoms with E-state index in [1.807, 2.05) is 42.5 Å². The molecule has 4 nitrogen and oxygen atoms in total. The third-order valence-electron chi connectivity index (χ3n) is 6.02. The smallest absolute Gasteiger partial charge is 0.347 e. The Hall–Kier alpha value is -2.43. The maximum Gasteiger partial charge on any atom is 0.347 e. The van der Waals surface area contributed by atoms with Crippen LogP contribution in [0.5, 0.6) is 0 Å². The number of benzene rings is 2. The average molecular weight is 381 g/mol. The van der Waals surface area contributed by atoms with Gasteiger partial charge in [0.1, 0.15) is 12.6 Å². The van der Waals surface area contributed by atoms with Gasteiger partial charge < -0.3 is 14.3 Å². The molecule has 0 bridgehead atoms. The van der Waals surface area contributed by atoms with Crippen molar-refractivity contribution in [3.05, 3.63) is 84.4 Å². The molecule has 1 unspecified atom stereocenters. The highest BCUT2D eigenvalue weighted by atomic mass is 16.6. The van der Waals surface area contributed by atoms with Gasteiger partial charge >= 0.3 is 5.97 Å². The van der Waals surface area contributed by atoms with Gasteiger partial charge in [-0.25, -0.2) is 4.79 Å². The highest BCUT2D eigenvalue weighted by Crippen LogP contribution is 2.32. The second-order valence-corrected chi connectivity index (χ2v) is 7.84. The summed E-state index contributed by atoms with van der Waals surface area (Å²) in [5, 5.41) is 11.5. The highest BCUT2D eigenvalue weighted by Gasteiger charge is 2.44. The maximum atomic E-state index is 13.2. The first-order valence-corrected chi connectivity index (χ1v) is 9.96. The van der Waals surface area contributed by atoms with Crippen LogP contribution < -0.4 is 0 Å². The fraction of sp³-hybridized carbons (Fsp3) is 0.375. The first-order chi connectivity index (χ1) is 13.5. The van der Waals surface area contributed by atoms with Crippen LogP contribution in [0.3, 0.4) is 0 Å². The topological polar surface area (TPSA) is 46.5 Å². The second kappa shape index (κ2) is 8.72. The zero-order valence-electron chi connectivity index (χ0n) is 16.6. The van der Waals surface area contributed by atoms with E-state index in [0.717, 1.165) is 36.8 Å². The fourth-order valence-electron chi connectivity index (χ4n) is 4.16. The molecule has 1 aliphatic heterocycles. The molecule has 1 heterocycles. The van der Waals surface area contributed by atoms with Gasteiger partial charge in [-0.15, -0.1) is 6.58 Å². The highest BCUT2D eigenvalue weighted by molar-refractivity contribution is 5.85. The number of carbonyl (C=O) groups excluding carboxylic acids is 1. The van der Waals surface area contributed by atoms with Crippen LogP contribution in [-0.2, 0) is 15.1 Å². The number of nitrogens with zero attached hydrogens (tertiary/aromatic N) is 1. The predicted octanol–water partition coefficient (Wildman–Crippen LogP) is 3.65. The summed E-state index contributed by atoms with van der Waals surface area (Å²) in [5.74, 6) is -0.618. The molecular formula is C24H30NO3+. The maximum absolute atomic E-state index is 13.2. The summed E-state index contributed by atoms with van der Waals surface area (Å²) in [6.45, 7) is 6.21. The van der Waals surface area contributed by atoms with Gasteiger partial charge in [-0.2, -0.15) is 0 Å². The molecule has 2 atom stereocenters. The Morgan fingerprint density at radius 2 is 1.75 bits per heavy atom. The zero-order chi connectivity index (χ0) is 20.0. The summed E-state index contributed by atoms with van der Waals surface area (Å²) in [5.41, 5.74) is -0.783. The van der Waals surface area contributed by atoms with E-state index in [0.29, 0.717) is 17.7 Å². The molecule has 2 aromatic rings.